The van der Waals surface area contributed by atoms with E-state index in [9.17, 15) is 14.7 Å². The van der Waals surface area contributed by atoms with Crippen molar-refractivity contribution < 1.29 is 14.6 Å². The number of aliphatic hydroxyl groups excluding tert-OH is 1. The smallest absolute Gasteiger partial charge is 0.305 e. The topological polar surface area (TPSA) is 120 Å². The number of nitrogens with two attached hydrogens (primary N) is 1. The second kappa shape index (κ2) is 8.61. The predicted octanol–water partition coefficient (Wildman–Crippen LogP) is 1.93. The van der Waals surface area contributed by atoms with Crippen molar-refractivity contribution >= 4 is 17.7 Å². The normalized spacial score (nSPS) is 11.2. The number of methoxy groups -OCH3 is 1. The molecule has 26 heavy (non-hydrogen) atoms. The summed E-state index contributed by atoms with van der Waals surface area (Å²) in [6.07, 6.45) is 6.58. The minimum atomic E-state index is -0.331. The van der Waals surface area contributed by atoms with Gasteiger partial charge in [0.05, 0.1) is 7.11 Å². The first kappa shape index (κ1) is 18.9. The number of anilines is 1. The molecule has 2 aromatic heterocycles. The number of hydrogen-bond donors (Lipinski definition) is 2. The fraction of sp³-hybridized carbons (Fsp3) is 0.222. The van der Waals surface area contributed by atoms with Gasteiger partial charge in [-0.05, 0) is 18.6 Å². The van der Waals surface area contributed by atoms with E-state index in [1.165, 1.54) is 36.1 Å². The number of carbonyl (C=O) groups is 1. The molecular weight excluding hydrogens is 336 g/mol. The van der Waals surface area contributed by atoms with E-state index >= 15 is 0 Å². The van der Waals surface area contributed by atoms with Gasteiger partial charge in [-0.2, -0.15) is 0 Å². The molecule has 0 bridgehead atoms. The highest BCUT2D eigenvalue weighted by molar-refractivity contribution is 5.76. The Morgan fingerprint density at radius 3 is 2.92 bits per heavy atom. The van der Waals surface area contributed by atoms with E-state index in [-0.39, 0.29) is 35.4 Å². The number of hydrogen-bond acceptors (Lipinski definition) is 7. The second-order valence-electron chi connectivity index (χ2n) is 5.41. The van der Waals surface area contributed by atoms with Gasteiger partial charge in [0.15, 0.2) is 0 Å². The Labute approximate surface area is 150 Å². The molecule has 0 fully saturated rings. The summed E-state index contributed by atoms with van der Waals surface area (Å²) in [5.41, 5.74) is 6.78. The Kier molecular flexibility index (Phi) is 6.26. The van der Waals surface area contributed by atoms with E-state index in [1.807, 2.05) is 0 Å². The molecular formula is C18H20N4O4. The maximum absolute atomic E-state index is 12.0. The molecule has 136 valence electrons. The lowest BCUT2D eigenvalue weighted by Crippen LogP contribution is -2.19. The Hall–Kier alpha value is -3.42. The molecule has 2 heterocycles. The number of nitrogen functional groups attached to an aromatic ring is 1. The average molecular weight is 356 g/mol. The minimum absolute atomic E-state index is 0.0131. The van der Waals surface area contributed by atoms with Gasteiger partial charge in [-0.25, -0.2) is 9.97 Å². The van der Waals surface area contributed by atoms with Gasteiger partial charge in [0.25, 0.3) is 5.56 Å². The lowest BCUT2D eigenvalue weighted by atomic mass is 10.1. The molecule has 0 atom stereocenters. The number of nitrogens with zero attached hydrogens (tertiary/aromatic N) is 3. The summed E-state index contributed by atoms with van der Waals surface area (Å²) >= 11 is 0. The van der Waals surface area contributed by atoms with Gasteiger partial charge in [0.1, 0.15) is 11.5 Å². The summed E-state index contributed by atoms with van der Waals surface area (Å²) in [5.74, 6) is -0.436. The number of aliphatic hydroxyl groups is 1. The van der Waals surface area contributed by atoms with E-state index in [0.717, 1.165) is 0 Å². The second-order valence-corrected chi connectivity index (χ2v) is 5.41. The lowest BCUT2D eigenvalue weighted by Gasteiger charge is -2.11. The van der Waals surface area contributed by atoms with Crippen LogP contribution in [-0.2, 0) is 16.1 Å². The molecule has 0 aromatic carbocycles. The number of esters is 1. The molecule has 0 spiro atoms. The molecule has 0 aliphatic heterocycles. The van der Waals surface area contributed by atoms with Crippen molar-refractivity contribution in [3.05, 3.63) is 59.3 Å². The first-order valence-corrected chi connectivity index (χ1v) is 7.88. The number of rotatable bonds is 7. The maximum atomic E-state index is 12.0. The van der Waals surface area contributed by atoms with Crippen molar-refractivity contribution in [2.24, 2.45) is 0 Å². The molecule has 0 amide bonds. The monoisotopic (exact) mass is 356 g/mol. The van der Waals surface area contributed by atoms with Gasteiger partial charge >= 0.3 is 5.97 Å². The first-order chi connectivity index (χ1) is 12.5. The van der Waals surface area contributed by atoms with Crippen LogP contribution < -0.4 is 11.3 Å². The van der Waals surface area contributed by atoms with Crippen LogP contribution in [0.15, 0.2) is 48.1 Å². The van der Waals surface area contributed by atoms with Gasteiger partial charge in [-0.1, -0.05) is 12.7 Å². The van der Waals surface area contributed by atoms with E-state index in [2.05, 4.69) is 21.3 Å². The Morgan fingerprint density at radius 1 is 1.46 bits per heavy atom. The van der Waals surface area contributed by atoms with Crippen LogP contribution in [0.2, 0.25) is 0 Å². The van der Waals surface area contributed by atoms with Crippen LogP contribution in [-0.4, -0.2) is 32.7 Å². The Balaban J connectivity index is 2.39. The molecule has 3 N–H and O–H groups in total. The van der Waals surface area contributed by atoms with Crippen molar-refractivity contribution in [1.29, 1.82) is 0 Å². The van der Waals surface area contributed by atoms with Gasteiger partial charge < -0.3 is 20.1 Å². The van der Waals surface area contributed by atoms with Crippen LogP contribution in [0.4, 0.5) is 5.95 Å². The Morgan fingerprint density at radius 2 is 2.23 bits per heavy atom. The van der Waals surface area contributed by atoms with Crippen LogP contribution >= 0.6 is 0 Å². The number of allylic oxidation sites excluding steroid dienone is 2. The average Bonchev–Trinajstić information content (AvgIpc) is 2.63. The molecule has 0 aliphatic carbocycles. The molecule has 8 nitrogen and oxygen atoms in total. The molecule has 0 aliphatic rings. The summed E-state index contributed by atoms with van der Waals surface area (Å²) in [4.78, 5) is 31.3. The van der Waals surface area contributed by atoms with Gasteiger partial charge in [0.2, 0.25) is 5.95 Å². The summed E-state index contributed by atoms with van der Waals surface area (Å²) < 4.78 is 6.07. The molecule has 0 saturated heterocycles. The summed E-state index contributed by atoms with van der Waals surface area (Å²) in [5, 5.41) is 10.2. The van der Waals surface area contributed by atoms with Crippen molar-refractivity contribution in [3.63, 3.8) is 0 Å². The third-order valence-corrected chi connectivity index (χ3v) is 3.63. The number of carbonyl (C=O) groups excluding carboxylic acids is 1. The van der Waals surface area contributed by atoms with Crippen LogP contribution in [0.25, 0.3) is 16.9 Å². The zero-order chi connectivity index (χ0) is 19.1. The van der Waals surface area contributed by atoms with Crippen molar-refractivity contribution in [3.8, 4) is 11.1 Å². The van der Waals surface area contributed by atoms with Crippen LogP contribution in [0.3, 0.4) is 0 Å². The first-order valence-electron chi connectivity index (χ1n) is 7.88. The SMILES string of the molecule is C=C/C=C(\O)c1nc(N)ncc1-c1ccc(=O)n(CCCC(=O)OC)c1. The molecule has 2 rings (SSSR count). The highest BCUT2D eigenvalue weighted by Gasteiger charge is 2.13. The van der Waals surface area contributed by atoms with Crippen molar-refractivity contribution in [2.45, 2.75) is 19.4 Å². The van der Waals surface area contributed by atoms with Gasteiger partial charge in [-0.15, -0.1) is 0 Å². The zero-order valence-corrected chi connectivity index (χ0v) is 14.4. The highest BCUT2D eigenvalue weighted by Crippen LogP contribution is 2.25. The van der Waals surface area contributed by atoms with E-state index in [0.29, 0.717) is 24.1 Å². The summed E-state index contributed by atoms with van der Waals surface area (Å²) in [6, 6.07) is 3.01. The summed E-state index contributed by atoms with van der Waals surface area (Å²) in [6.45, 7) is 3.89. The predicted molar refractivity (Wildman–Crippen MR) is 98.2 cm³/mol. The van der Waals surface area contributed by atoms with Crippen LogP contribution in [0.1, 0.15) is 18.5 Å². The molecule has 0 unspecified atom stereocenters. The fourth-order valence-corrected chi connectivity index (χ4v) is 2.35. The van der Waals surface area contributed by atoms with Crippen molar-refractivity contribution in [1.82, 2.24) is 14.5 Å². The number of pyridine rings is 1. The molecule has 8 heteroatoms. The van der Waals surface area contributed by atoms with Crippen LogP contribution in [0.5, 0.6) is 0 Å². The molecule has 2 aromatic rings. The quantitative estimate of drug-likeness (QED) is 0.442. The Bertz CT molecular complexity index is 902. The van der Waals surface area contributed by atoms with Crippen molar-refractivity contribution in [2.75, 3.05) is 12.8 Å². The molecule has 0 radical (unpaired) electrons. The molecule has 0 saturated carbocycles. The van der Waals surface area contributed by atoms with E-state index in [1.54, 1.807) is 12.3 Å². The number of aromatic nitrogens is 3. The largest absolute Gasteiger partial charge is 0.506 e. The highest BCUT2D eigenvalue weighted by atomic mass is 16.5. The standard InChI is InChI=1S/C18H20N4O4/c1-3-5-14(23)17-13(10-20-18(19)21-17)12-7-8-15(24)22(11-12)9-4-6-16(25)26-2/h3,5,7-8,10-11,23H,1,4,6,9H2,2H3,(H2,19,20,21)/b14-5-. The zero-order valence-electron chi connectivity index (χ0n) is 14.4. The number of ether oxygens (including phenoxy) is 1. The van der Waals surface area contributed by atoms with E-state index < -0.39 is 0 Å². The minimum Gasteiger partial charge on any atom is -0.506 e. The van der Waals surface area contributed by atoms with Gasteiger partial charge in [0, 0.05) is 42.6 Å². The maximum Gasteiger partial charge on any atom is 0.305 e. The van der Waals surface area contributed by atoms with E-state index in [4.69, 9.17) is 5.73 Å². The third kappa shape index (κ3) is 4.56. The summed E-state index contributed by atoms with van der Waals surface area (Å²) in [7, 11) is 1.32. The number of aryl methyl sites for hydroxylation is 1. The van der Waals surface area contributed by atoms with Gasteiger partial charge in [-0.3, -0.25) is 9.59 Å². The fourth-order valence-electron chi connectivity index (χ4n) is 2.35. The lowest BCUT2D eigenvalue weighted by molar-refractivity contribution is -0.140. The third-order valence-electron chi connectivity index (χ3n) is 3.63. The van der Waals surface area contributed by atoms with Crippen LogP contribution in [0, 0.1) is 0 Å².